The van der Waals surface area contributed by atoms with Crippen LogP contribution in [0.4, 0.5) is 11.4 Å². The van der Waals surface area contributed by atoms with Crippen LogP contribution >= 0.6 is 23.2 Å². The number of hydrogen-bond acceptors (Lipinski definition) is 4. The van der Waals surface area contributed by atoms with Crippen LogP contribution in [-0.2, 0) is 14.8 Å². The van der Waals surface area contributed by atoms with E-state index in [-0.39, 0.29) is 27.8 Å². The van der Waals surface area contributed by atoms with Gasteiger partial charge in [0.2, 0.25) is 5.91 Å². The smallest absolute Gasteiger partial charge is 0.262 e. The molecule has 0 aliphatic rings. The van der Waals surface area contributed by atoms with Crippen molar-refractivity contribution < 1.29 is 18.0 Å². The molecule has 0 saturated carbocycles. The number of sulfonamides is 1. The quantitative estimate of drug-likeness (QED) is 0.453. The number of amides is 2. The first kappa shape index (κ1) is 23.6. The monoisotopic (exact) mass is 491 g/mol. The molecule has 3 aromatic carbocycles. The summed E-state index contributed by atoms with van der Waals surface area (Å²) in [6, 6.07) is 17.3. The van der Waals surface area contributed by atoms with Crippen molar-refractivity contribution in [2.24, 2.45) is 0 Å². The van der Waals surface area contributed by atoms with Crippen molar-refractivity contribution in [2.75, 3.05) is 16.6 Å². The van der Waals surface area contributed by atoms with Gasteiger partial charge in [-0.3, -0.25) is 14.3 Å². The topological polar surface area (TPSA) is 104 Å². The second-order valence-corrected chi connectivity index (χ2v) is 9.30. The fraction of sp³-hybridized carbons (Fsp3) is 0.0909. The van der Waals surface area contributed by atoms with Crippen molar-refractivity contribution in [1.29, 1.82) is 0 Å². The normalized spacial score (nSPS) is 11.0. The summed E-state index contributed by atoms with van der Waals surface area (Å²) in [4.78, 5) is 24.4. The highest BCUT2D eigenvalue weighted by molar-refractivity contribution is 7.92. The van der Waals surface area contributed by atoms with Crippen molar-refractivity contribution in [2.45, 2.75) is 11.8 Å². The molecule has 0 radical (unpaired) electrons. The number of anilines is 2. The number of para-hydroxylation sites is 1. The van der Waals surface area contributed by atoms with Crippen molar-refractivity contribution in [3.63, 3.8) is 0 Å². The van der Waals surface area contributed by atoms with Gasteiger partial charge in [0.05, 0.1) is 22.2 Å². The number of halogens is 2. The Morgan fingerprint density at radius 1 is 0.938 bits per heavy atom. The van der Waals surface area contributed by atoms with Gasteiger partial charge in [-0.05, 0) is 55.0 Å². The largest absolute Gasteiger partial charge is 0.343 e. The fourth-order valence-corrected chi connectivity index (χ4v) is 4.59. The van der Waals surface area contributed by atoms with Gasteiger partial charge in [0.1, 0.15) is 0 Å². The maximum absolute atomic E-state index is 12.9. The van der Waals surface area contributed by atoms with E-state index in [1.807, 2.05) is 0 Å². The van der Waals surface area contributed by atoms with Crippen LogP contribution in [0.1, 0.15) is 15.9 Å². The summed E-state index contributed by atoms with van der Waals surface area (Å²) in [7, 11) is -3.96. The van der Waals surface area contributed by atoms with E-state index in [0.717, 1.165) is 0 Å². The Balaban J connectivity index is 1.69. The van der Waals surface area contributed by atoms with Crippen LogP contribution in [-0.4, -0.2) is 26.8 Å². The number of aryl methyl sites for hydroxylation is 1. The zero-order valence-electron chi connectivity index (χ0n) is 16.9. The Kier molecular flexibility index (Phi) is 7.40. The molecule has 0 bridgehead atoms. The van der Waals surface area contributed by atoms with Crippen LogP contribution in [0, 0.1) is 6.92 Å². The average molecular weight is 492 g/mol. The van der Waals surface area contributed by atoms with Gasteiger partial charge in [0.15, 0.2) is 0 Å². The maximum Gasteiger partial charge on any atom is 0.262 e. The summed E-state index contributed by atoms with van der Waals surface area (Å²) in [5.41, 5.74) is 1.31. The highest BCUT2D eigenvalue weighted by Gasteiger charge is 2.19. The molecule has 0 spiro atoms. The van der Waals surface area contributed by atoms with Gasteiger partial charge in [0, 0.05) is 16.3 Å². The highest BCUT2D eigenvalue weighted by atomic mass is 35.5. The van der Waals surface area contributed by atoms with Gasteiger partial charge in [-0.25, -0.2) is 8.42 Å². The molecule has 2 amide bonds. The van der Waals surface area contributed by atoms with Crippen LogP contribution in [0.25, 0.3) is 0 Å². The molecule has 10 heteroatoms. The lowest BCUT2D eigenvalue weighted by atomic mass is 10.2. The third-order valence-corrected chi connectivity index (χ3v) is 6.45. The summed E-state index contributed by atoms with van der Waals surface area (Å²) in [5, 5.41) is 5.73. The third-order valence-electron chi connectivity index (χ3n) is 4.38. The minimum atomic E-state index is -3.96. The molecule has 0 aliphatic heterocycles. The fourth-order valence-electron chi connectivity index (χ4n) is 2.81. The van der Waals surface area contributed by atoms with Gasteiger partial charge >= 0.3 is 0 Å². The van der Waals surface area contributed by atoms with E-state index in [2.05, 4.69) is 15.4 Å². The molecule has 0 aromatic heterocycles. The Morgan fingerprint density at radius 2 is 1.69 bits per heavy atom. The van der Waals surface area contributed by atoms with Crippen molar-refractivity contribution in [3.05, 3.63) is 87.9 Å². The summed E-state index contributed by atoms with van der Waals surface area (Å²) in [6.45, 7) is 1.33. The van der Waals surface area contributed by atoms with E-state index in [1.165, 1.54) is 12.1 Å². The van der Waals surface area contributed by atoms with E-state index in [1.54, 1.807) is 61.5 Å². The number of carbonyl (C=O) groups is 2. The molecular weight excluding hydrogens is 473 g/mol. The molecule has 0 heterocycles. The Hall–Kier alpha value is -3.07. The number of nitrogens with one attached hydrogen (secondary N) is 3. The van der Waals surface area contributed by atoms with E-state index in [9.17, 15) is 18.0 Å². The number of carbonyl (C=O) groups excluding carboxylic acids is 2. The molecular formula is C22H19Cl2N3O4S. The number of rotatable bonds is 7. The number of benzene rings is 3. The third kappa shape index (κ3) is 6.00. The maximum atomic E-state index is 12.9. The van der Waals surface area contributed by atoms with E-state index >= 15 is 0 Å². The van der Waals surface area contributed by atoms with E-state index < -0.39 is 21.8 Å². The van der Waals surface area contributed by atoms with Gasteiger partial charge < -0.3 is 10.6 Å². The summed E-state index contributed by atoms with van der Waals surface area (Å²) < 4.78 is 28.2. The summed E-state index contributed by atoms with van der Waals surface area (Å²) in [5.74, 6) is -0.981. The van der Waals surface area contributed by atoms with Crippen LogP contribution in [0.3, 0.4) is 0 Å². The van der Waals surface area contributed by atoms with Crippen LogP contribution in [0.2, 0.25) is 10.0 Å². The molecule has 0 fully saturated rings. The lowest BCUT2D eigenvalue weighted by Crippen LogP contribution is -2.32. The molecule has 32 heavy (non-hydrogen) atoms. The molecule has 0 atom stereocenters. The van der Waals surface area contributed by atoms with Gasteiger partial charge in [-0.1, -0.05) is 47.5 Å². The first-order chi connectivity index (χ1) is 15.2. The molecule has 0 aliphatic carbocycles. The minimum absolute atomic E-state index is 0.0156. The molecule has 3 rings (SSSR count). The summed E-state index contributed by atoms with van der Waals surface area (Å²) >= 11 is 11.9. The standard InChI is InChI=1S/C22H19Cl2N3O4S/c1-14-9-10-17(12-20(14)32(30,31)27-19-8-3-2-7-18(19)24)26-21(28)13-25-22(29)15-5-4-6-16(23)11-15/h2-12,27H,13H2,1H3,(H,25,29)(H,26,28). The lowest BCUT2D eigenvalue weighted by Gasteiger charge is -2.13. The van der Waals surface area contributed by atoms with Gasteiger partial charge in [-0.2, -0.15) is 0 Å². The van der Waals surface area contributed by atoms with Crippen LogP contribution in [0.5, 0.6) is 0 Å². The summed E-state index contributed by atoms with van der Waals surface area (Å²) in [6.07, 6.45) is 0. The first-order valence-electron chi connectivity index (χ1n) is 9.37. The van der Waals surface area contributed by atoms with Crippen LogP contribution < -0.4 is 15.4 Å². The SMILES string of the molecule is Cc1ccc(NC(=O)CNC(=O)c2cccc(Cl)c2)cc1S(=O)(=O)Nc1ccccc1Cl. The van der Waals surface area contributed by atoms with E-state index in [4.69, 9.17) is 23.2 Å². The highest BCUT2D eigenvalue weighted by Crippen LogP contribution is 2.26. The molecule has 0 unspecified atom stereocenters. The van der Waals surface area contributed by atoms with Crippen molar-refractivity contribution >= 4 is 56.4 Å². The van der Waals surface area contributed by atoms with Gasteiger partial charge in [0.25, 0.3) is 15.9 Å². The zero-order chi connectivity index (χ0) is 23.3. The molecule has 3 aromatic rings. The van der Waals surface area contributed by atoms with Crippen molar-refractivity contribution in [1.82, 2.24) is 5.32 Å². The van der Waals surface area contributed by atoms with Crippen molar-refractivity contribution in [3.8, 4) is 0 Å². The predicted molar refractivity (Wildman–Crippen MR) is 126 cm³/mol. The second kappa shape index (κ2) is 10.0. The zero-order valence-corrected chi connectivity index (χ0v) is 19.2. The van der Waals surface area contributed by atoms with Crippen LogP contribution in [0.15, 0.2) is 71.6 Å². The molecule has 0 saturated heterocycles. The Morgan fingerprint density at radius 3 is 2.41 bits per heavy atom. The Bertz CT molecular complexity index is 1280. The molecule has 7 nitrogen and oxygen atoms in total. The average Bonchev–Trinajstić information content (AvgIpc) is 2.75. The van der Waals surface area contributed by atoms with E-state index in [0.29, 0.717) is 16.1 Å². The predicted octanol–water partition coefficient (Wildman–Crippen LogP) is 4.47. The first-order valence-corrected chi connectivity index (χ1v) is 11.6. The number of hydrogen-bond donors (Lipinski definition) is 3. The molecule has 3 N–H and O–H groups in total. The Labute approximate surface area is 195 Å². The minimum Gasteiger partial charge on any atom is -0.343 e. The lowest BCUT2D eigenvalue weighted by molar-refractivity contribution is -0.115. The molecule has 166 valence electrons. The second-order valence-electron chi connectivity index (χ2n) is 6.81. The van der Waals surface area contributed by atoms with Gasteiger partial charge in [-0.15, -0.1) is 0 Å².